The lowest BCUT2D eigenvalue weighted by molar-refractivity contribution is -0.137. The van der Waals surface area contributed by atoms with E-state index in [1.54, 1.807) is 31.2 Å². The smallest absolute Gasteiger partial charge is 0.416 e. The summed E-state index contributed by atoms with van der Waals surface area (Å²) in [6, 6.07) is 14.2. The fraction of sp³-hybridized carbons (Fsp3) is 0.393. The Labute approximate surface area is 203 Å². The topological polar surface area (TPSA) is 40.5 Å². The molecule has 4 rings (SSSR count). The monoisotopic (exact) mass is 485 g/mol. The predicted octanol–water partition coefficient (Wildman–Crippen LogP) is 7.61. The Bertz CT molecular complexity index is 1180. The van der Waals surface area contributed by atoms with Gasteiger partial charge in [-0.15, -0.1) is 0 Å². The van der Waals surface area contributed by atoms with Gasteiger partial charge in [0.25, 0.3) is 0 Å². The molecule has 0 bridgehead atoms. The first-order valence-electron chi connectivity index (χ1n) is 12.1. The van der Waals surface area contributed by atoms with Crippen LogP contribution in [0.2, 0.25) is 0 Å². The van der Waals surface area contributed by atoms with E-state index in [-0.39, 0.29) is 6.61 Å². The summed E-state index contributed by atoms with van der Waals surface area (Å²) in [6.45, 7) is 4.34. The summed E-state index contributed by atoms with van der Waals surface area (Å²) in [4.78, 5) is 12.3. The highest BCUT2D eigenvalue weighted by molar-refractivity contribution is 5.90. The van der Waals surface area contributed by atoms with Gasteiger partial charge >= 0.3 is 12.1 Å². The minimum Gasteiger partial charge on any atom is -0.493 e. The number of ether oxygens (including phenoxy) is 2. The van der Waals surface area contributed by atoms with Gasteiger partial charge in [-0.2, -0.15) is 13.2 Å². The van der Waals surface area contributed by atoms with Crippen molar-refractivity contribution in [1.29, 1.82) is 0 Å². The summed E-state index contributed by atoms with van der Waals surface area (Å²) in [5.41, 5.74) is 2.04. The second kappa shape index (κ2) is 10.6. The van der Waals surface area contributed by atoms with Crippen molar-refractivity contribution in [1.82, 2.24) is 4.57 Å². The van der Waals surface area contributed by atoms with Crippen molar-refractivity contribution in [2.45, 2.75) is 52.1 Å². The standard InChI is InChI=1S/C28H30F3NO3/c1-3-34-27(33)21-10-7-11-23(16-21)32-19(2)12-14-25(32)24-17-22(28(29,30)31)13-15-26(24)35-18-20-8-5-4-6-9-20/h7,10-17,20H,3-6,8-9,18H2,1-2H3. The Kier molecular flexibility index (Phi) is 7.53. The summed E-state index contributed by atoms with van der Waals surface area (Å²) in [7, 11) is 0. The van der Waals surface area contributed by atoms with Crippen molar-refractivity contribution in [2.24, 2.45) is 5.92 Å². The highest BCUT2D eigenvalue weighted by Crippen LogP contribution is 2.39. The van der Waals surface area contributed by atoms with Gasteiger partial charge in [-0.25, -0.2) is 4.79 Å². The average molecular weight is 486 g/mol. The average Bonchev–Trinajstić information content (AvgIpc) is 3.24. The van der Waals surface area contributed by atoms with Gasteiger partial charge in [0.05, 0.1) is 30.0 Å². The van der Waals surface area contributed by atoms with Crippen LogP contribution in [-0.2, 0) is 10.9 Å². The molecule has 3 aromatic rings. The zero-order chi connectivity index (χ0) is 25.0. The molecule has 0 atom stereocenters. The lowest BCUT2D eigenvalue weighted by atomic mass is 9.90. The van der Waals surface area contributed by atoms with E-state index in [0.29, 0.717) is 40.8 Å². The Morgan fingerprint density at radius 2 is 1.80 bits per heavy atom. The van der Waals surface area contributed by atoms with Crippen LogP contribution in [0.15, 0.2) is 54.6 Å². The molecule has 0 saturated heterocycles. The molecule has 2 aromatic carbocycles. The lowest BCUT2D eigenvalue weighted by Crippen LogP contribution is -2.16. The number of hydrogen-bond donors (Lipinski definition) is 0. The van der Waals surface area contributed by atoms with Gasteiger partial charge in [-0.05, 0) is 81.1 Å². The molecule has 0 aliphatic heterocycles. The third kappa shape index (κ3) is 5.72. The van der Waals surface area contributed by atoms with E-state index in [2.05, 4.69) is 0 Å². The minimum absolute atomic E-state index is 0.253. The zero-order valence-corrected chi connectivity index (χ0v) is 20.0. The van der Waals surface area contributed by atoms with Crippen molar-refractivity contribution in [3.05, 3.63) is 71.4 Å². The predicted molar refractivity (Wildman–Crippen MR) is 129 cm³/mol. The molecule has 0 amide bonds. The van der Waals surface area contributed by atoms with Crippen LogP contribution >= 0.6 is 0 Å². The summed E-state index contributed by atoms with van der Waals surface area (Å²) < 4.78 is 54.0. The fourth-order valence-corrected chi connectivity index (χ4v) is 4.67. The van der Waals surface area contributed by atoms with Crippen LogP contribution in [0.1, 0.15) is 60.6 Å². The maximum Gasteiger partial charge on any atom is 0.416 e. The van der Waals surface area contributed by atoms with Crippen LogP contribution in [0, 0.1) is 12.8 Å². The van der Waals surface area contributed by atoms with Crippen LogP contribution in [-0.4, -0.2) is 23.8 Å². The van der Waals surface area contributed by atoms with Crippen LogP contribution in [0.4, 0.5) is 13.2 Å². The van der Waals surface area contributed by atoms with E-state index in [1.165, 1.54) is 12.5 Å². The number of carbonyl (C=O) groups is 1. The molecule has 1 aromatic heterocycles. The van der Waals surface area contributed by atoms with Crippen molar-refractivity contribution in [3.8, 4) is 22.7 Å². The number of aromatic nitrogens is 1. The van der Waals surface area contributed by atoms with Crippen molar-refractivity contribution < 1.29 is 27.4 Å². The number of rotatable bonds is 7. The van der Waals surface area contributed by atoms with Gasteiger partial charge in [0.15, 0.2) is 0 Å². The summed E-state index contributed by atoms with van der Waals surface area (Å²) in [5.74, 6) is 0.384. The minimum atomic E-state index is -4.48. The van der Waals surface area contributed by atoms with E-state index in [0.717, 1.165) is 43.5 Å². The highest BCUT2D eigenvalue weighted by atomic mass is 19.4. The van der Waals surface area contributed by atoms with Crippen molar-refractivity contribution in [3.63, 3.8) is 0 Å². The third-order valence-corrected chi connectivity index (χ3v) is 6.47. The normalized spacial score (nSPS) is 14.7. The van der Waals surface area contributed by atoms with E-state index in [1.807, 2.05) is 23.6 Å². The fourth-order valence-electron chi connectivity index (χ4n) is 4.67. The summed E-state index contributed by atoms with van der Waals surface area (Å²) in [5, 5.41) is 0. The maximum absolute atomic E-state index is 13.6. The molecule has 7 heteroatoms. The molecule has 186 valence electrons. The van der Waals surface area contributed by atoms with Crippen LogP contribution < -0.4 is 4.74 Å². The number of alkyl halides is 3. The molecule has 1 aliphatic rings. The quantitative estimate of drug-likeness (QED) is 0.324. The number of nitrogens with zero attached hydrogens (tertiary/aromatic N) is 1. The molecule has 0 unspecified atom stereocenters. The SMILES string of the molecule is CCOC(=O)c1cccc(-n2c(C)ccc2-c2cc(C(F)(F)F)ccc2OCC2CCCCC2)c1. The Hall–Kier alpha value is -3.22. The first-order chi connectivity index (χ1) is 16.8. The number of halogens is 3. The van der Waals surface area contributed by atoms with Gasteiger partial charge in [0.1, 0.15) is 5.75 Å². The molecule has 0 N–H and O–H groups in total. The summed E-state index contributed by atoms with van der Waals surface area (Å²) >= 11 is 0. The summed E-state index contributed by atoms with van der Waals surface area (Å²) in [6.07, 6.45) is 1.21. The lowest BCUT2D eigenvalue weighted by Gasteiger charge is -2.23. The van der Waals surface area contributed by atoms with E-state index in [9.17, 15) is 18.0 Å². The number of carbonyl (C=O) groups excluding carboxylic acids is 1. The molecular formula is C28H30F3NO3. The van der Waals surface area contributed by atoms with Gasteiger partial charge in [0.2, 0.25) is 0 Å². The van der Waals surface area contributed by atoms with Crippen molar-refractivity contribution in [2.75, 3.05) is 13.2 Å². The van der Waals surface area contributed by atoms with Crippen LogP contribution in [0.25, 0.3) is 16.9 Å². The molecule has 1 heterocycles. The zero-order valence-electron chi connectivity index (χ0n) is 20.0. The molecular weight excluding hydrogens is 455 g/mol. The Morgan fingerprint density at radius 1 is 1.03 bits per heavy atom. The van der Waals surface area contributed by atoms with Crippen molar-refractivity contribution >= 4 is 5.97 Å². The number of hydrogen-bond acceptors (Lipinski definition) is 3. The number of aryl methyl sites for hydroxylation is 1. The van der Waals surface area contributed by atoms with Crippen LogP contribution in [0.3, 0.4) is 0 Å². The highest BCUT2D eigenvalue weighted by Gasteiger charge is 2.32. The molecule has 1 saturated carbocycles. The number of benzene rings is 2. The Morgan fingerprint density at radius 3 is 2.51 bits per heavy atom. The molecule has 0 radical (unpaired) electrons. The maximum atomic E-state index is 13.6. The van der Waals surface area contributed by atoms with Gasteiger partial charge in [0, 0.05) is 16.9 Å². The van der Waals surface area contributed by atoms with Crippen LogP contribution in [0.5, 0.6) is 5.75 Å². The first-order valence-corrected chi connectivity index (χ1v) is 12.1. The van der Waals surface area contributed by atoms with Gasteiger partial charge in [-0.1, -0.05) is 25.3 Å². The molecule has 1 fully saturated rings. The largest absolute Gasteiger partial charge is 0.493 e. The third-order valence-electron chi connectivity index (χ3n) is 6.47. The van der Waals surface area contributed by atoms with E-state index >= 15 is 0 Å². The van der Waals surface area contributed by atoms with E-state index < -0.39 is 17.7 Å². The van der Waals surface area contributed by atoms with E-state index in [4.69, 9.17) is 9.47 Å². The second-order valence-electron chi connectivity index (χ2n) is 8.99. The van der Waals surface area contributed by atoms with Gasteiger partial charge < -0.3 is 14.0 Å². The molecule has 35 heavy (non-hydrogen) atoms. The molecule has 1 aliphatic carbocycles. The first kappa shape index (κ1) is 24.9. The van der Waals surface area contributed by atoms with Gasteiger partial charge in [-0.3, -0.25) is 0 Å². The molecule has 4 nitrogen and oxygen atoms in total. The molecule has 0 spiro atoms. The second-order valence-corrected chi connectivity index (χ2v) is 8.99. The Balaban J connectivity index is 1.76. The number of esters is 1.